The van der Waals surface area contributed by atoms with Crippen LogP contribution in [0.3, 0.4) is 0 Å². The van der Waals surface area contributed by atoms with Crippen LogP contribution in [-0.4, -0.2) is 34.3 Å². The molecule has 4 rings (SSSR count). The topological polar surface area (TPSA) is 57.2 Å². The molecule has 1 saturated heterocycles. The van der Waals surface area contributed by atoms with Gasteiger partial charge < -0.3 is 23.8 Å². The van der Waals surface area contributed by atoms with Crippen molar-refractivity contribution in [3.05, 3.63) is 77.9 Å². The normalized spacial score (nSPS) is 17.7. The number of carbonyl (C=O) groups excluding carboxylic acids is 1. The summed E-state index contributed by atoms with van der Waals surface area (Å²) in [5.41, 5.74) is 2.69. The number of rotatable bonds is 7. The maximum Gasteiger partial charge on any atom is 0.237 e. The first-order valence-corrected chi connectivity index (χ1v) is 9.95. The van der Waals surface area contributed by atoms with Crippen LogP contribution in [0.1, 0.15) is 23.1 Å². The summed E-state index contributed by atoms with van der Waals surface area (Å²) in [7, 11) is 6.32. The maximum absolute atomic E-state index is 13.4. The molecule has 160 valence electrons. The van der Waals surface area contributed by atoms with Gasteiger partial charge in [-0.1, -0.05) is 42.5 Å². The molecule has 0 saturated carbocycles. The predicted molar refractivity (Wildman–Crippen MR) is 119 cm³/mol. The number of carbonyl (C=O) groups is 1. The van der Waals surface area contributed by atoms with Gasteiger partial charge in [0.05, 0.1) is 46.1 Å². The third kappa shape index (κ3) is 3.54. The van der Waals surface area contributed by atoms with Gasteiger partial charge >= 0.3 is 0 Å². The Morgan fingerprint density at radius 2 is 1.32 bits per heavy atom. The lowest BCUT2D eigenvalue weighted by Gasteiger charge is -2.48. The lowest BCUT2D eigenvalue weighted by atomic mass is 9.77. The zero-order valence-corrected chi connectivity index (χ0v) is 18.0. The van der Waals surface area contributed by atoms with Crippen LogP contribution in [0.2, 0.25) is 0 Å². The molecule has 0 aliphatic carbocycles. The predicted octanol–water partition coefficient (Wildman–Crippen LogP) is 4.59. The molecular weight excluding hydrogens is 394 g/mol. The molecule has 1 amide bonds. The van der Waals surface area contributed by atoms with Crippen molar-refractivity contribution in [3.63, 3.8) is 0 Å². The zero-order valence-electron chi connectivity index (χ0n) is 18.0. The quantitative estimate of drug-likeness (QED) is 0.524. The summed E-state index contributed by atoms with van der Waals surface area (Å²) in [4.78, 5) is 15.2. The SMILES string of the molecule is COc1ccc([C@H]2[C@H](c3ccccc3)C(=O)N2c2cc(OC)c(OC)c(OC)c2)cc1. The lowest BCUT2D eigenvalue weighted by Crippen LogP contribution is -2.53. The standard InChI is InChI=1S/C25H25NO5/c1-28-19-12-10-17(11-13-19)23-22(16-8-6-5-7-9-16)25(27)26(23)18-14-20(29-2)24(31-4)21(15-18)30-3/h5-15,22-23H,1-4H3/t22-,23-/m0/s1. The Morgan fingerprint density at radius 1 is 0.710 bits per heavy atom. The van der Waals surface area contributed by atoms with E-state index in [1.807, 2.05) is 54.6 Å². The Labute approximate surface area is 181 Å². The van der Waals surface area contributed by atoms with E-state index in [2.05, 4.69) is 0 Å². The van der Waals surface area contributed by atoms with Crippen molar-refractivity contribution in [1.82, 2.24) is 0 Å². The molecule has 2 atom stereocenters. The molecule has 1 fully saturated rings. The summed E-state index contributed by atoms with van der Waals surface area (Å²) in [5, 5.41) is 0. The highest BCUT2D eigenvalue weighted by atomic mass is 16.5. The molecule has 6 heteroatoms. The van der Waals surface area contributed by atoms with Gasteiger partial charge in [0.15, 0.2) is 11.5 Å². The van der Waals surface area contributed by atoms with E-state index in [1.54, 1.807) is 45.5 Å². The number of β-lactam (4-membered cyclic amide) rings is 1. The van der Waals surface area contributed by atoms with Gasteiger partial charge in [-0.25, -0.2) is 0 Å². The van der Waals surface area contributed by atoms with Gasteiger partial charge in [0, 0.05) is 12.1 Å². The number of nitrogens with zero attached hydrogens (tertiary/aromatic N) is 1. The van der Waals surface area contributed by atoms with Gasteiger partial charge in [0.2, 0.25) is 11.7 Å². The summed E-state index contributed by atoms with van der Waals surface area (Å²) in [5.74, 6) is 1.99. The molecule has 3 aromatic carbocycles. The molecule has 1 aliphatic rings. The van der Waals surface area contributed by atoms with E-state index >= 15 is 0 Å². The minimum atomic E-state index is -0.284. The van der Waals surface area contributed by atoms with Gasteiger partial charge in [-0.2, -0.15) is 0 Å². The Balaban J connectivity index is 1.81. The fraction of sp³-hybridized carbons (Fsp3) is 0.240. The average molecular weight is 419 g/mol. The number of hydrogen-bond acceptors (Lipinski definition) is 5. The van der Waals surface area contributed by atoms with Crippen molar-refractivity contribution in [2.75, 3.05) is 33.3 Å². The molecule has 0 N–H and O–H groups in total. The molecule has 6 nitrogen and oxygen atoms in total. The third-order valence-corrected chi connectivity index (χ3v) is 5.64. The smallest absolute Gasteiger partial charge is 0.237 e. The van der Waals surface area contributed by atoms with Crippen LogP contribution in [0.5, 0.6) is 23.0 Å². The fourth-order valence-electron chi connectivity index (χ4n) is 4.11. The van der Waals surface area contributed by atoms with Crippen LogP contribution in [-0.2, 0) is 4.79 Å². The summed E-state index contributed by atoms with van der Waals surface area (Å²) < 4.78 is 21.7. The Kier molecular flexibility index (Phi) is 5.71. The lowest BCUT2D eigenvalue weighted by molar-refractivity contribution is -0.126. The number of methoxy groups -OCH3 is 4. The first-order chi connectivity index (χ1) is 15.1. The van der Waals surface area contributed by atoms with Crippen molar-refractivity contribution in [2.45, 2.75) is 12.0 Å². The average Bonchev–Trinajstić information content (AvgIpc) is 2.82. The zero-order chi connectivity index (χ0) is 22.0. The molecular formula is C25H25NO5. The largest absolute Gasteiger partial charge is 0.497 e. The van der Waals surface area contributed by atoms with Crippen molar-refractivity contribution in [1.29, 1.82) is 0 Å². The van der Waals surface area contributed by atoms with Crippen LogP contribution in [0.15, 0.2) is 66.7 Å². The number of benzene rings is 3. The number of ether oxygens (including phenoxy) is 4. The first-order valence-electron chi connectivity index (χ1n) is 9.95. The van der Waals surface area contributed by atoms with Gasteiger partial charge in [0.1, 0.15) is 5.75 Å². The van der Waals surface area contributed by atoms with Crippen LogP contribution in [0, 0.1) is 0 Å². The van der Waals surface area contributed by atoms with E-state index in [4.69, 9.17) is 18.9 Å². The number of amides is 1. The second kappa shape index (κ2) is 8.60. The van der Waals surface area contributed by atoms with E-state index in [9.17, 15) is 4.79 Å². The maximum atomic E-state index is 13.4. The van der Waals surface area contributed by atoms with Crippen molar-refractivity contribution < 1.29 is 23.7 Å². The van der Waals surface area contributed by atoms with Gasteiger partial charge in [-0.3, -0.25) is 4.79 Å². The monoisotopic (exact) mass is 419 g/mol. The number of anilines is 1. The van der Waals surface area contributed by atoms with E-state index < -0.39 is 0 Å². The van der Waals surface area contributed by atoms with E-state index in [0.717, 1.165) is 16.9 Å². The molecule has 1 heterocycles. The highest BCUT2D eigenvalue weighted by molar-refractivity contribution is 6.07. The van der Waals surface area contributed by atoms with Crippen molar-refractivity contribution >= 4 is 11.6 Å². The molecule has 0 unspecified atom stereocenters. The minimum Gasteiger partial charge on any atom is -0.497 e. The van der Waals surface area contributed by atoms with Crippen molar-refractivity contribution in [3.8, 4) is 23.0 Å². The summed E-state index contributed by atoms with van der Waals surface area (Å²) in [6.07, 6.45) is 0. The van der Waals surface area contributed by atoms with Gasteiger partial charge in [-0.15, -0.1) is 0 Å². The molecule has 0 spiro atoms. The highest BCUT2D eigenvalue weighted by Gasteiger charge is 2.50. The minimum absolute atomic E-state index is 0.0151. The highest BCUT2D eigenvalue weighted by Crippen LogP contribution is 2.51. The second-order valence-electron chi connectivity index (χ2n) is 7.20. The molecule has 1 aliphatic heterocycles. The van der Waals surface area contributed by atoms with E-state index in [0.29, 0.717) is 22.9 Å². The molecule has 3 aromatic rings. The van der Waals surface area contributed by atoms with Gasteiger partial charge in [0.25, 0.3) is 0 Å². The summed E-state index contributed by atoms with van der Waals surface area (Å²) in [6.45, 7) is 0. The third-order valence-electron chi connectivity index (χ3n) is 5.64. The van der Waals surface area contributed by atoms with Crippen molar-refractivity contribution in [2.24, 2.45) is 0 Å². The number of hydrogen-bond donors (Lipinski definition) is 0. The first kappa shape index (κ1) is 20.6. The molecule has 0 aromatic heterocycles. The van der Waals surface area contributed by atoms with Crippen LogP contribution < -0.4 is 23.8 Å². The van der Waals surface area contributed by atoms with E-state index in [1.165, 1.54) is 0 Å². The van der Waals surface area contributed by atoms with Gasteiger partial charge in [-0.05, 0) is 23.3 Å². The summed E-state index contributed by atoms with van der Waals surface area (Å²) in [6, 6.07) is 21.1. The Hall–Kier alpha value is -3.67. The van der Waals surface area contributed by atoms with E-state index in [-0.39, 0.29) is 17.9 Å². The fourth-order valence-corrected chi connectivity index (χ4v) is 4.11. The molecule has 0 radical (unpaired) electrons. The van der Waals surface area contributed by atoms with Crippen LogP contribution in [0.25, 0.3) is 0 Å². The Morgan fingerprint density at radius 3 is 1.84 bits per heavy atom. The molecule has 0 bridgehead atoms. The second-order valence-corrected chi connectivity index (χ2v) is 7.20. The summed E-state index contributed by atoms with van der Waals surface area (Å²) >= 11 is 0. The van der Waals surface area contributed by atoms with Crippen LogP contribution >= 0.6 is 0 Å². The Bertz CT molecular complexity index is 1040. The molecule has 31 heavy (non-hydrogen) atoms. The van der Waals surface area contributed by atoms with Crippen LogP contribution in [0.4, 0.5) is 5.69 Å².